The summed E-state index contributed by atoms with van der Waals surface area (Å²) in [6.45, 7) is 4.99. The molecule has 2 rings (SSSR count). The number of aryl methyl sites for hydroxylation is 1. The van der Waals surface area contributed by atoms with Crippen molar-refractivity contribution in [2.24, 2.45) is 5.92 Å². The number of pyridine rings is 1. The maximum absolute atomic E-state index is 5.90. The Bertz CT molecular complexity index is 541. The van der Waals surface area contributed by atoms with Crippen LogP contribution in [0.2, 0.25) is 0 Å². The van der Waals surface area contributed by atoms with Gasteiger partial charge in [0.1, 0.15) is 11.3 Å². The van der Waals surface area contributed by atoms with Gasteiger partial charge >= 0.3 is 0 Å². The number of para-hydroxylation sites is 1. The van der Waals surface area contributed by atoms with Crippen LogP contribution in [0.5, 0.6) is 5.75 Å². The molecule has 2 nitrogen and oxygen atoms in total. The number of nitrogens with zero attached hydrogens (tertiary/aromatic N) is 1. The Morgan fingerprint density at radius 2 is 2.05 bits per heavy atom. The van der Waals surface area contributed by atoms with Crippen molar-refractivity contribution < 1.29 is 4.74 Å². The van der Waals surface area contributed by atoms with Crippen LogP contribution in [0, 0.1) is 12.8 Å². The Labute approximate surface area is 120 Å². The summed E-state index contributed by atoms with van der Waals surface area (Å²) in [5, 5.41) is 1.13. The van der Waals surface area contributed by atoms with Crippen LogP contribution in [0.1, 0.15) is 25.5 Å². The van der Waals surface area contributed by atoms with Crippen molar-refractivity contribution in [3.8, 4) is 5.75 Å². The molecule has 0 fully saturated rings. The predicted molar refractivity (Wildman–Crippen MR) is 84.2 cm³/mol. The molecular weight excluding hydrogens is 254 g/mol. The Kier molecular flexibility index (Phi) is 5.08. The Hall–Kier alpha value is -1.22. The lowest BCUT2D eigenvalue weighted by Crippen LogP contribution is -2.05. The normalized spacial score (nSPS) is 12.6. The second kappa shape index (κ2) is 6.80. The number of hydrogen-bond donors (Lipinski definition) is 1. The van der Waals surface area contributed by atoms with Crippen molar-refractivity contribution >= 4 is 23.5 Å². The van der Waals surface area contributed by atoms with Crippen molar-refractivity contribution in [2.45, 2.75) is 26.7 Å². The molecule has 1 unspecified atom stereocenters. The lowest BCUT2D eigenvalue weighted by molar-refractivity contribution is 0.284. The molecule has 2 aromatic rings. The number of fused-ring (bicyclic) bond motifs is 1. The highest BCUT2D eigenvalue weighted by Gasteiger charge is 2.05. The molecule has 1 atom stereocenters. The molecule has 0 amide bonds. The van der Waals surface area contributed by atoms with Gasteiger partial charge in [0.05, 0.1) is 6.61 Å². The van der Waals surface area contributed by atoms with Crippen LogP contribution in [0.4, 0.5) is 0 Å². The lowest BCUT2D eigenvalue weighted by Gasteiger charge is -2.12. The van der Waals surface area contributed by atoms with E-state index >= 15 is 0 Å². The maximum atomic E-state index is 5.90. The number of thiol groups is 1. The lowest BCUT2D eigenvalue weighted by atomic mass is 10.1. The molecule has 1 aromatic carbocycles. The van der Waals surface area contributed by atoms with Crippen molar-refractivity contribution in [3.05, 3.63) is 36.0 Å². The van der Waals surface area contributed by atoms with E-state index in [2.05, 4.69) is 36.7 Å². The molecular formula is C16H21NOS. The molecule has 19 heavy (non-hydrogen) atoms. The molecule has 0 N–H and O–H groups in total. The summed E-state index contributed by atoms with van der Waals surface area (Å²) in [6.07, 6.45) is 2.20. The van der Waals surface area contributed by atoms with Gasteiger partial charge in [-0.3, -0.25) is 0 Å². The van der Waals surface area contributed by atoms with Gasteiger partial charge in [0, 0.05) is 11.1 Å². The number of hydrogen-bond acceptors (Lipinski definition) is 3. The zero-order chi connectivity index (χ0) is 13.7. The standard InChI is InChI=1S/C16H21NOS/c1-12(9-11-19)8-10-18-15-5-3-4-14-7-6-13(2)17-16(14)15/h3-7,12,19H,8-11H2,1-2H3. The van der Waals surface area contributed by atoms with Crippen LogP contribution >= 0.6 is 12.6 Å². The van der Waals surface area contributed by atoms with Gasteiger partial charge in [0.15, 0.2) is 0 Å². The van der Waals surface area contributed by atoms with E-state index in [1.165, 1.54) is 0 Å². The van der Waals surface area contributed by atoms with Crippen LogP contribution in [0.25, 0.3) is 10.9 Å². The first-order chi connectivity index (χ1) is 9.20. The van der Waals surface area contributed by atoms with Crippen LogP contribution < -0.4 is 4.74 Å². The van der Waals surface area contributed by atoms with E-state index in [1.54, 1.807) is 0 Å². The molecule has 0 saturated carbocycles. The van der Waals surface area contributed by atoms with Gasteiger partial charge in [-0.15, -0.1) is 0 Å². The molecule has 0 aliphatic carbocycles. The summed E-state index contributed by atoms with van der Waals surface area (Å²) in [6, 6.07) is 10.2. The first-order valence-corrected chi connectivity index (χ1v) is 7.44. The molecule has 0 spiro atoms. The van der Waals surface area contributed by atoms with E-state index in [0.717, 1.165) is 47.5 Å². The van der Waals surface area contributed by atoms with Crippen molar-refractivity contribution in [1.29, 1.82) is 0 Å². The average Bonchev–Trinajstić information content (AvgIpc) is 2.39. The summed E-state index contributed by atoms with van der Waals surface area (Å²) in [7, 11) is 0. The zero-order valence-electron chi connectivity index (χ0n) is 11.6. The third-order valence-corrected chi connectivity index (χ3v) is 3.57. The Balaban J connectivity index is 2.06. The third kappa shape index (κ3) is 3.87. The van der Waals surface area contributed by atoms with E-state index in [-0.39, 0.29) is 0 Å². The molecule has 102 valence electrons. The van der Waals surface area contributed by atoms with E-state index in [4.69, 9.17) is 4.74 Å². The monoisotopic (exact) mass is 275 g/mol. The maximum Gasteiger partial charge on any atom is 0.145 e. The molecule has 0 aliphatic heterocycles. The molecule has 3 heteroatoms. The van der Waals surface area contributed by atoms with Crippen molar-refractivity contribution in [2.75, 3.05) is 12.4 Å². The van der Waals surface area contributed by atoms with E-state index in [1.807, 2.05) is 25.1 Å². The third-order valence-electron chi connectivity index (χ3n) is 3.31. The minimum absolute atomic E-state index is 0.655. The van der Waals surface area contributed by atoms with Gasteiger partial charge in [-0.1, -0.05) is 25.1 Å². The number of rotatable bonds is 6. The topological polar surface area (TPSA) is 22.1 Å². The largest absolute Gasteiger partial charge is 0.491 e. The molecule has 0 radical (unpaired) electrons. The second-order valence-corrected chi connectivity index (χ2v) is 5.48. The van der Waals surface area contributed by atoms with Crippen LogP contribution in [-0.4, -0.2) is 17.3 Å². The number of ether oxygens (including phenoxy) is 1. The van der Waals surface area contributed by atoms with E-state index in [0.29, 0.717) is 5.92 Å². The Morgan fingerprint density at radius 1 is 1.21 bits per heavy atom. The minimum atomic E-state index is 0.655. The molecule has 1 aromatic heterocycles. The van der Waals surface area contributed by atoms with Gasteiger partial charge in [0.25, 0.3) is 0 Å². The van der Waals surface area contributed by atoms with Crippen molar-refractivity contribution in [3.63, 3.8) is 0 Å². The van der Waals surface area contributed by atoms with Gasteiger partial charge in [-0.2, -0.15) is 12.6 Å². The SMILES string of the molecule is Cc1ccc2cccc(OCCC(C)CCS)c2n1. The first kappa shape index (κ1) is 14.2. The number of benzene rings is 1. The highest BCUT2D eigenvalue weighted by molar-refractivity contribution is 7.80. The fourth-order valence-electron chi connectivity index (χ4n) is 2.07. The second-order valence-electron chi connectivity index (χ2n) is 5.04. The van der Waals surface area contributed by atoms with E-state index < -0.39 is 0 Å². The summed E-state index contributed by atoms with van der Waals surface area (Å²) in [5.41, 5.74) is 1.98. The zero-order valence-corrected chi connectivity index (χ0v) is 12.5. The first-order valence-electron chi connectivity index (χ1n) is 6.80. The summed E-state index contributed by atoms with van der Waals surface area (Å²) >= 11 is 4.26. The summed E-state index contributed by atoms with van der Waals surface area (Å²) < 4.78 is 5.90. The fraction of sp³-hybridized carbons (Fsp3) is 0.438. The average molecular weight is 275 g/mol. The number of aromatic nitrogens is 1. The van der Waals surface area contributed by atoms with E-state index in [9.17, 15) is 0 Å². The Morgan fingerprint density at radius 3 is 2.84 bits per heavy atom. The highest BCUT2D eigenvalue weighted by Crippen LogP contribution is 2.24. The van der Waals surface area contributed by atoms with Crippen LogP contribution in [0.15, 0.2) is 30.3 Å². The van der Waals surface area contributed by atoms with Crippen molar-refractivity contribution in [1.82, 2.24) is 4.98 Å². The minimum Gasteiger partial charge on any atom is -0.491 e. The summed E-state index contributed by atoms with van der Waals surface area (Å²) in [5.74, 6) is 2.48. The fourth-order valence-corrected chi connectivity index (χ4v) is 2.51. The molecule has 1 heterocycles. The molecule has 0 bridgehead atoms. The summed E-state index contributed by atoms with van der Waals surface area (Å²) in [4.78, 5) is 4.57. The van der Waals surface area contributed by atoms with Gasteiger partial charge < -0.3 is 4.74 Å². The van der Waals surface area contributed by atoms with Gasteiger partial charge in [-0.05, 0) is 43.6 Å². The van der Waals surface area contributed by atoms with Gasteiger partial charge in [0.2, 0.25) is 0 Å². The molecule has 0 saturated heterocycles. The van der Waals surface area contributed by atoms with Gasteiger partial charge in [-0.25, -0.2) is 4.98 Å². The predicted octanol–water partition coefficient (Wildman–Crippen LogP) is 4.27. The van der Waals surface area contributed by atoms with Crippen LogP contribution in [0.3, 0.4) is 0 Å². The smallest absolute Gasteiger partial charge is 0.145 e. The molecule has 0 aliphatic rings. The highest BCUT2D eigenvalue weighted by atomic mass is 32.1. The quantitative estimate of drug-likeness (QED) is 0.795. The van der Waals surface area contributed by atoms with Crippen LogP contribution in [-0.2, 0) is 0 Å².